The Labute approximate surface area is 100.0 Å². The molecule has 0 aliphatic carbocycles. The Morgan fingerprint density at radius 2 is 1.67 bits per heavy atom. The van der Waals surface area contributed by atoms with Crippen LogP contribution in [0.2, 0.25) is 0 Å². The van der Waals surface area contributed by atoms with Crippen molar-refractivity contribution in [1.29, 1.82) is 0 Å². The maximum atomic E-state index is 12.8. The summed E-state index contributed by atoms with van der Waals surface area (Å²) in [5, 5.41) is 3.94. The van der Waals surface area contributed by atoms with E-state index in [0.29, 0.717) is 5.69 Å². The Kier molecular flexibility index (Phi) is 3.10. The lowest BCUT2D eigenvalue weighted by Crippen LogP contribution is -2.29. The van der Waals surface area contributed by atoms with E-state index in [0.717, 1.165) is 4.68 Å². The number of nitrogens with zero attached hydrogens (tertiary/aromatic N) is 2. The zero-order valence-electron chi connectivity index (χ0n) is 8.91. The largest absolute Gasteiger partial charge is 0.434 e. The fourth-order valence-electron chi connectivity index (χ4n) is 1.24. The highest BCUT2D eigenvalue weighted by molar-refractivity contribution is 14.1. The number of hydrogen-bond acceptors (Lipinski definition) is 1. The highest BCUT2D eigenvalue weighted by Gasteiger charge is 2.41. The highest BCUT2D eigenvalue weighted by Crippen LogP contribution is 2.36. The molecule has 0 unspecified atom stereocenters. The maximum Gasteiger partial charge on any atom is 0.434 e. The fourth-order valence-corrected chi connectivity index (χ4v) is 1.88. The smallest absolute Gasteiger partial charge is 0.254 e. The second-order valence-corrected chi connectivity index (χ2v) is 5.41. The summed E-state index contributed by atoms with van der Waals surface area (Å²) in [6, 6.07) is 0. The number of aryl methyl sites for hydroxylation is 1. The van der Waals surface area contributed by atoms with Gasteiger partial charge in [0.05, 0.1) is 14.8 Å². The van der Waals surface area contributed by atoms with Crippen LogP contribution in [0.4, 0.5) is 13.2 Å². The summed E-state index contributed by atoms with van der Waals surface area (Å²) in [5.74, 6) is 0. The molecule has 6 heteroatoms. The summed E-state index contributed by atoms with van der Waals surface area (Å²) >= 11 is 1.69. The number of halogens is 4. The molecule has 86 valence electrons. The van der Waals surface area contributed by atoms with Gasteiger partial charge in [0.15, 0.2) is 5.69 Å². The molecule has 0 bridgehead atoms. The van der Waals surface area contributed by atoms with Crippen molar-refractivity contribution in [1.82, 2.24) is 9.78 Å². The molecule has 1 heterocycles. The molecule has 0 fully saturated rings. The molecule has 15 heavy (non-hydrogen) atoms. The predicted octanol–water partition coefficient (Wildman–Crippen LogP) is 3.57. The molecule has 0 aromatic carbocycles. The van der Waals surface area contributed by atoms with Gasteiger partial charge in [-0.15, -0.1) is 0 Å². The van der Waals surface area contributed by atoms with Crippen molar-refractivity contribution in [3.8, 4) is 0 Å². The van der Waals surface area contributed by atoms with Crippen molar-refractivity contribution >= 4 is 22.6 Å². The van der Waals surface area contributed by atoms with Gasteiger partial charge in [-0.2, -0.15) is 18.3 Å². The fraction of sp³-hybridized carbons (Fsp3) is 0.667. The van der Waals surface area contributed by atoms with Crippen LogP contribution in [0.25, 0.3) is 0 Å². The Hall–Kier alpha value is -0.270. The molecular weight excluding hydrogens is 320 g/mol. The molecule has 0 aliphatic rings. The SMILES string of the molecule is Cc1nn(C(C)(C)C)c(C(F)(F)F)c1I. The third-order valence-electron chi connectivity index (χ3n) is 1.89. The van der Waals surface area contributed by atoms with E-state index in [9.17, 15) is 13.2 Å². The Morgan fingerprint density at radius 1 is 1.20 bits per heavy atom. The first-order chi connectivity index (χ1) is 6.55. The molecule has 1 aromatic heterocycles. The van der Waals surface area contributed by atoms with E-state index in [2.05, 4.69) is 5.10 Å². The van der Waals surface area contributed by atoms with Gasteiger partial charge in [-0.1, -0.05) is 0 Å². The first kappa shape index (κ1) is 12.8. The quantitative estimate of drug-likeness (QED) is 0.664. The third kappa shape index (κ3) is 2.46. The number of alkyl halides is 3. The van der Waals surface area contributed by atoms with Crippen LogP contribution in [0.5, 0.6) is 0 Å². The van der Waals surface area contributed by atoms with Gasteiger partial charge in [-0.05, 0) is 50.3 Å². The van der Waals surface area contributed by atoms with Crippen molar-refractivity contribution in [2.45, 2.75) is 39.4 Å². The highest BCUT2D eigenvalue weighted by atomic mass is 127. The molecule has 0 saturated carbocycles. The van der Waals surface area contributed by atoms with E-state index in [-0.39, 0.29) is 3.57 Å². The molecule has 0 saturated heterocycles. The normalized spacial score (nSPS) is 13.3. The molecule has 0 amide bonds. The van der Waals surface area contributed by atoms with Crippen molar-refractivity contribution in [2.24, 2.45) is 0 Å². The first-order valence-electron chi connectivity index (χ1n) is 4.38. The van der Waals surface area contributed by atoms with Crippen LogP contribution in [0.1, 0.15) is 32.2 Å². The lowest BCUT2D eigenvalue weighted by molar-refractivity contribution is -0.146. The average molecular weight is 332 g/mol. The zero-order valence-corrected chi connectivity index (χ0v) is 11.1. The molecule has 0 N–H and O–H groups in total. The van der Waals surface area contributed by atoms with E-state index in [1.165, 1.54) is 0 Å². The molecule has 1 aromatic rings. The summed E-state index contributed by atoms with van der Waals surface area (Å²) in [7, 11) is 0. The van der Waals surface area contributed by atoms with Crippen LogP contribution < -0.4 is 0 Å². The second kappa shape index (κ2) is 3.64. The van der Waals surface area contributed by atoms with Crippen LogP contribution in [0, 0.1) is 10.5 Å². The number of aromatic nitrogens is 2. The van der Waals surface area contributed by atoms with E-state index >= 15 is 0 Å². The van der Waals surface area contributed by atoms with Gasteiger partial charge in [0.25, 0.3) is 0 Å². The molecule has 2 nitrogen and oxygen atoms in total. The average Bonchev–Trinajstić information content (AvgIpc) is 2.25. The van der Waals surface area contributed by atoms with Gasteiger partial charge in [0.2, 0.25) is 0 Å². The minimum Gasteiger partial charge on any atom is -0.254 e. The van der Waals surface area contributed by atoms with E-state index in [1.807, 2.05) is 0 Å². The molecule has 0 aliphatic heterocycles. The minimum atomic E-state index is -4.36. The van der Waals surface area contributed by atoms with E-state index < -0.39 is 17.4 Å². The van der Waals surface area contributed by atoms with Crippen molar-refractivity contribution in [3.05, 3.63) is 15.0 Å². The van der Waals surface area contributed by atoms with Crippen molar-refractivity contribution < 1.29 is 13.2 Å². The van der Waals surface area contributed by atoms with Crippen LogP contribution in [0.15, 0.2) is 0 Å². The second-order valence-electron chi connectivity index (χ2n) is 4.33. The zero-order chi connectivity index (χ0) is 12.0. The summed E-state index contributed by atoms with van der Waals surface area (Å²) < 4.78 is 39.6. The maximum absolute atomic E-state index is 12.8. The predicted molar refractivity (Wildman–Crippen MR) is 59.7 cm³/mol. The van der Waals surface area contributed by atoms with Gasteiger partial charge in [-0.3, -0.25) is 4.68 Å². The Morgan fingerprint density at radius 3 is 1.93 bits per heavy atom. The van der Waals surface area contributed by atoms with Crippen molar-refractivity contribution in [3.63, 3.8) is 0 Å². The van der Waals surface area contributed by atoms with Gasteiger partial charge >= 0.3 is 6.18 Å². The third-order valence-corrected chi connectivity index (χ3v) is 3.18. The topological polar surface area (TPSA) is 17.8 Å². The van der Waals surface area contributed by atoms with E-state index in [4.69, 9.17) is 0 Å². The minimum absolute atomic E-state index is 0.176. The Bertz CT molecular complexity index is 374. The lowest BCUT2D eigenvalue weighted by atomic mass is 10.1. The molecule has 0 radical (unpaired) electrons. The van der Waals surface area contributed by atoms with Crippen molar-refractivity contribution in [2.75, 3.05) is 0 Å². The monoisotopic (exact) mass is 332 g/mol. The molecule has 0 atom stereocenters. The summed E-state index contributed by atoms with van der Waals surface area (Å²) in [6.07, 6.45) is -4.36. The lowest BCUT2D eigenvalue weighted by Gasteiger charge is -2.23. The summed E-state index contributed by atoms with van der Waals surface area (Å²) in [4.78, 5) is 0. The standard InChI is InChI=1S/C9H12F3IN2/c1-5-6(13)7(9(10,11)12)15(14-5)8(2,3)4/h1-4H3. The first-order valence-corrected chi connectivity index (χ1v) is 5.46. The molecule has 1 rings (SSSR count). The molecule has 0 spiro atoms. The van der Waals surface area contributed by atoms with Gasteiger partial charge in [0.1, 0.15) is 0 Å². The summed E-state index contributed by atoms with van der Waals surface area (Å²) in [5.41, 5.74) is -0.912. The molecular formula is C9H12F3IN2. The van der Waals surface area contributed by atoms with Gasteiger partial charge in [0, 0.05) is 0 Å². The van der Waals surface area contributed by atoms with Crippen LogP contribution >= 0.6 is 22.6 Å². The summed E-state index contributed by atoms with van der Waals surface area (Å²) in [6.45, 7) is 6.68. The van der Waals surface area contributed by atoms with Crippen LogP contribution in [-0.4, -0.2) is 9.78 Å². The number of hydrogen-bond donors (Lipinski definition) is 0. The number of rotatable bonds is 0. The van der Waals surface area contributed by atoms with Gasteiger partial charge < -0.3 is 0 Å². The van der Waals surface area contributed by atoms with E-state index in [1.54, 1.807) is 50.3 Å². The Balaban J connectivity index is 3.48. The van der Waals surface area contributed by atoms with Crippen LogP contribution in [0.3, 0.4) is 0 Å². The van der Waals surface area contributed by atoms with Crippen LogP contribution in [-0.2, 0) is 11.7 Å². The van der Waals surface area contributed by atoms with Gasteiger partial charge in [-0.25, -0.2) is 0 Å².